The lowest BCUT2D eigenvalue weighted by Crippen LogP contribution is -2.46. The van der Waals surface area contributed by atoms with Gasteiger partial charge in [-0.25, -0.2) is 0 Å². The summed E-state index contributed by atoms with van der Waals surface area (Å²) < 4.78 is 0. The third-order valence-corrected chi connectivity index (χ3v) is 2.26. The number of benzene rings is 1. The van der Waals surface area contributed by atoms with E-state index >= 15 is 0 Å². The van der Waals surface area contributed by atoms with Gasteiger partial charge in [0.15, 0.2) is 5.11 Å². The summed E-state index contributed by atoms with van der Waals surface area (Å²) in [5.41, 5.74) is 0.970. The van der Waals surface area contributed by atoms with Gasteiger partial charge in [-0.15, -0.1) is 0 Å². The highest BCUT2D eigenvalue weighted by atomic mass is 32.1. The van der Waals surface area contributed by atoms with Crippen molar-refractivity contribution in [1.82, 2.24) is 5.32 Å². The Balaban J connectivity index is 2.20. The minimum absolute atomic E-state index is 0.0535. The van der Waals surface area contributed by atoms with Crippen LogP contribution in [0.3, 0.4) is 0 Å². The number of hydrogen-bond donors (Lipinski definition) is 1. The summed E-state index contributed by atoms with van der Waals surface area (Å²) >= 11 is 5.05. The van der Waals surface area contributed by atoms with E-state index in [-0.39, 0.29) is 5.91 Å². The van der Waals surface area contributed by atoms with Gasteiger partial charge in [0.2, 0.25) is 5.91 Å². The van der Waals surface area contributed by atoms with Crippen molar-refractivity contribution in [3.8, 4) is 0 Å². The molecule has 0 aromatic heterocycles. The standard InChI is InChI=1S/C10H9N2OS/c13-9-6-7-12(10(14)11-9)8-4-2-1-3-5-8/h1-5,7H,6H2,(H,11,13,14). The molecular weight excluding hydrogens is 196 g/mol. The van der Waals surface area contributed by atoms with Gasteiger partial charge in [0.25, 0.3) is 0 Å². The second-order valence-electron chi connectivity index (χ2n) is 2.95. The lowest BCUT2D eigenvalue weighted by atomic mass is 10.2. The molecular formula is C10H9N2OS. The Morgan fingerprint density at radius 3 is 2.64 bits per heavy atom. The van der Waals surface area contributed by atoms with E-state index in [9.17, 15) is 4.79 Å². The Hall–Kier alpha value is -1.42. The van der Waals surface area contributed by atoms with Crippen LogP contribution in [0.15, 0.2) is 30.3 Å². The fourth-order valence-electron chi connectivity index (χ4n) is 1.30. The van der Waals surface area contributed by atoms with Crippen LogP contribution in [0.1, 0.15) is 6.42 Å². The van der Waals surface area contributed by atoms with Gasteiger partial charge in [-0.3, -0.25) is 4.79 Å². The van der Waals surface area contributed by atoms with Crippen LogP contribution in [-0.2, 0) is 4.79 Å². The number of para-hydroxylation sites is 1. The average Bonchev–Trinajstić information content (AvgIpc) is 2.19. The molecule has 0 atom stereocenters. The molecule has 0 unspecified atom stereocenters. The minimum Gasteiger partial charge on any atom is -0.313 e. The summed E-state index contributed by atoms with van der Waals surface area (Å²) in [5, 5.41) is 3.05. The molecule has 3 nitrogen and oxygen atoms in total. The highest BCUT2D eigenvalue weighted by Gasteiger charge is 2.20. The highest BCUT2D eigenvalue weighted by Crippen LogP contribution is 2.18. The molecule has 1 aromatic rings. The predicted molar refractivity (Wildman–Crippen MR) is 58.6 cm³/mol. The molecule has 14 heavy (non-hydrogen) atoms. The topological polar surface area (TPSA) is 32.3 Å². The van der Waals surface area contributed by atoms with Crippen LogP contribution in [0.2, 0.25) is 0 Å². The smallest absolute Gasteiger partial charge is 0.228 e. The number of thiocarbonyl (C=S) groups is 1. The molecule has 4 heteroatoms. The van der Waals surface area contributed by atoms with Gasteiger partial charge in [-0.2, -0.15) is 0 Å². The maximum atomic E-state index is 11.0. The van der Waals surface area contributed by atoms with Crippen LogP contribution in [0.5, 0.6) is 0 Å². The van der Waals surface area contributed by atoms with E-state index in [4.69, 9.17) is 12.2 Å². The summed E-state index contributed by atoms with van der Waals surface area (Å²) in [6.07, 6.45) is 0.370. The molecule has 1 fully saturated rings. The molecule has 0 aliphatic carbocycles. The molecule has 0 spiro atoms. The molecule has 1 radical (unpaired) electrons. The van der Waals surface area contributed by atoms with Crippen LogP contribution in [0.4, 0.5) is 5.69 Å². The third-order valence-electron chi connectivity index (χ3n) is 1.96. The molecule has 71 valence electrons. The van der Waals surface area contributed by atoms with E-state index in [0.717, 1.165) is 5.69 Å². The number of rotatable bonds is 1. The van der Waals surface area contributed by atoms with Gasteiger partial charge < -0.3 is 10.2 Å². The summed E-state index contributed by atoms with van der Waals surface area (Å²) in [7, 11) is 0. The van der Waals surface area contributed by atoms with E-state index < -0.39 is 0 Å². The van der Waals surface area contributed by atoms with Gasteiger partial charge in [-0.05, 0) is 24.4 Å². The first-order valence-electron chi connectivity index (χ1n) is 4.29. The van der Waals surface area contributed by atoms with Gasteiger partial charge in [0.1, 0.15) is 0 Å². The van der Waals surface area contributed by atoms with E-state index in [0.29, 0.717) is 11.5 Å². The van der Waals surface area contributed by atoms with Crippen LogP contribution in [0.25, 0.3) is 0 Å². The van der Waals surface area contributed by atoms with E-state index in [1.54, 1.807) is 11.4 Å². The number of nitrogens with one attached hydrogen (secondary N) is 1. The van der Waals surface area contributed by atoms with Crippen molar-refractivity contribution < 1.29 is 4.79 Å². The summed E-state index contributed by atoms with van der Waals surface area (Å²) in [6.45, 7) is 1.79. The van der Waals surface area contributed by atoms with Crippen molar-refractivity contribution in [3.05, 3.63) is 36.9 Å². The number of carbonyl (C=O) groups excluding carboxylic acids is 1. The zero-order valence-corrected chi connectivity index (χ0v) is 8.25. The largest absolute Gasteiger partial charge is 0.313 e. The summed E-state index contributed by atoms with van der Waals surface area (Å²) in [6, 6.07) is 9.69. The average molecular weight is 205 g/mol. The maximum absolute atomic E-state index is 11.0. The van der Waals surface area contributed by atoms with E-state index in [2.05, 4.69) is 5.32 Å². The number of amides is 1. The molecule has 1 aromatic carbocycles. The molecule has 1 heterocycles. The fraction of sp³-hybridized carbons (Fsp3) is 0.100. The molecule has 1 N–H and O–H groups in total. The Morgan fingerprint density at radius 2 is 2.00 bits per heavy atom. The number of nitrogens with zero attached hydrogens (tertiary/aromatic N) is 1. The van der Waals surface area contributed by atoms with Crippen LogP contribution >= 0.6 is 12.2 Å². The van der Waals surface area contributed by atoms with E-state index in [1.165, 1.54) is 0 Å². The molecule has 1 aliphatic rings. The Kier molecular flexibility index (Phi) is 2.45. The monoisotopic (exact) mass is 205 g/mol. The fourth-order valence-corrected chi connectivity index (χ4v) is 1.59. The van der Waals surface area contributed by atoms with Crippen LogP contribution < -0.4 is 10.2 Å². The summed E-state index contributed by atoms with van der Waals surface area (Å²) in [4.78, 5) is 12.8. The zero-order chi connectivity index (χ0) is 9.97. The van der Waals surface area contributed by atoms with Crippen molar-refractivity contribution in [3.63, 3.8) is 0 Å². The first-order valence-corrected chi connectivity index (χ1v) is 4.69. The second-order valence-corrected chi connectivity index (χ2v) is 3.33. The summed E-state index contributed by atoms with van der Waals surface area (Å²) in [5.74, 6) is -0.0535. The molecule has 0 bridgehead atoms. The Bertz CT molecular complexity index is 364. The lowest BCUT2D eigenvalue weighted by molar-refractivity contribution is -0.119. The van der Waals surface area contributed by atoms with Crippen molar-refractivity contribution in [2.75, 3.05) is 4.90 Å². The van der Waals surface area contributed by atoms with Crippen molar-refractivity contribution >= 4 is 28.9 Å². The van der Waals surface area contributed by atoms with Gasteiger partial charge >= 0.3 is 0 Å². The molecule has 1 amide bonds. The molecule has 1 aliphatic heterocycles. The number of carbonyl (C=O) groups is 1. The second kappa shape index (κ2) is 3.75. The quantitative estimate of drug-likeness (QED) is 0.704. The first-order chi connectivity index (χ1) is 6.77. The highest BCUT2D eigenvalue weighted by molar-refractivity contribution is 7.80. The Morgan fingerprint density at radius 1 is 1.29 bits per heavy atom. The molecule has 2 rings (SSSR count). The van der Waals surface area contributed by atoms with Gasteiger partial charge in [0.05, 0.1) is 6.54 Å². The number of anilines is 1. The van der Waals surface area contributed by atoms with Crippen molar-refractivity contribution in [1.29, 1.82) is 0 Å². The predicted octanol–water partition coefficient (Wildman–Crippen LogP) is 1.46. The molecule has 0 saturated carbocycles. The van der Waals surface area contributed by atoms with Crippen LogP contribution in [0, 0.1) is 6.54 Å². The van der Waals surface area contributed by atoms with Gasteiger partial charge in [-0.1, -0.05) is 18.2 Å². The third kappa shape index (κ3) is 1.75. The first kappa shape index (κ1) is 9.15. The zero-order valence-electron chi connectivity index (χ0n) is 7.43. The van der Waals surface area contributed by atoms with Crippen LogP contribution in [-0.4, -0.2) is 11.0 Å². The molecule has 1 saturated heterocycles. The van der Waals surface area contributed by atoms with E-state index in [1.807, 2.05) is 30.3 Å². The SMILES string of the molecule is O=C1C[CH]N(c2ccccc2)C(=S)N1. The Labute approximate surface area is 87.7 Å². The van der Waals surface area contributed by atoms with Gasteiger partial charge in [0, 0.05) is 12.1 Å². The van der Waals surface area contributed by atoms with Crippen molar-refractivity contribution in [2.24, 2.45) is 0 Å². The van der Waals surface area contributed by atoms with Crippen molar-refractivity contribution in [2.45, 2.75) is 6.42 Å². The normalized spacial score (nSPS) is 16.7. The minimum atomic E-state index is -0.0535. The number of hydrogen-bond acceptors (Lipinski definition) is 2. The maximum Gasteiger partial charge on any atom is 0.228 e. The lowest BCUT2D eigenvalue weighted by Gasteiger charge is -2.28.